The zero-order valence-electron chi connectivity index (χ0n) is 7.66. The van der Waals surface area contributed by atoms with E-state index in [9.17, 15) is 4.79 Å². The van der Waals surface area contributed by atoms with Gasteiger partial charge in [-0.2, -0.15) is 0 Å². The third-order valence-electron chi connectivity index (χ3n) is 2.34. The predicted molar refractivity (Wildman–Crippen MR) is 59.7 cm³/mol. The van der Waals surface area contributed by atoms with Crippen LogP contribution in [0.2, 0.25) is 0 Å². The summed E-state index contributed by atoms with van der Waals surface area (Å²) < 4.78 is 6.40. The minimum absolute atomic E-state index is 0.0781. The fourth-order valence-corrected chi connectivity index (χ4v) is 3.10. The molecule has 1 aromatic rings. The van der Waals surface area contributed by atoms with Crippen LogP contribution in [0.3, 0.4) is 0 Å². The van der Waals surface area contributed by atoms with Gasteiger partial charge in [-0.25, -0.2) is 0 Å². The minimum atomic E-state index is 0.0781. The number of rotatable bonds is 2. The van der Waals surface area contributed by atoms with Gasteiger partial charge >= 0.3 is 0 Å². The number of carbonyl (C=O) groups is 1. The number of hydrogen-bond donors (Lipinski definition) is 0. The van der Waals surface area contributed by atoms with Gasteiger partial charge in [0, 0.05) is 27.1 Å². The summed E-state index contributed by atoms with van der Waals surface area (Å²) in [5, 5.41) is 2.05. The Morgan fingerprint density at radius 2 is 2.50 bits per heavy atom. The molecule has 1 aliphatic rings. The standard InChI is InChI=1S/C10H11BrO2S/c11-8-4-9(14-6-8)3-7-5-13-2-1-10(7)12/h4,6-7H,1-3,5H2. The van der Waals surface area contributed by atoms with E-state index in [1.54, 1.807) is 11.3 Å². The van der Waals surface area contributed by atoms with Crippen LogP contribution >= 0.6 is 27.3 Å². The number of hydrogen-bond acceptors (Lipinski definition) is 3. The summed E-state index contributed by atoms with van der Waals surface area (Å²) >= 11 is 5.10. The van der Waals surface area contributed by atoms with Gasteiger partial charge in [-0.15, -0.1) is 11.3 Å². The lowest BCUT2D eigenvalue weighted by Crippen LogP contribution is -2.28. The predicted octanol–water partition coefficient (Wildman–Crippen LogP) is 2.66. The van der Waals surface area contributed by atoms with Gasteiger partial charge in [0.15, 0.2) is 0 Å². The van der Waals surface area contributed by atoms with Crippen LogP contribution in [-0.4, -0.2) is 19.0 Å². The number of thiophene rings is 1. The van der Waals surface area contributed by atoms with Crippen molar-refractivity contribution >= 4 is 33.0 Å². The van der Waals surface area contributed by atoms with Crippen molar-refractivity contribution in [2.45, 2.75) is 12.8 Å². The molecule has 1 aromatic heterocycles. The Kier molecular flexibility index (Phi) is 3.36. The Labute approximate surface area is 95.4 Å². The van der Waals surface area contributed by atoms with E-state index >= 15 is 0 Å². The van der Waals surface area contributed by atoms with Crippen molar-refractivity contribution in [2.75, 3.05) is 13.2 Å². The topological polar surface area (TPSA) is 26.3 Å². The maximum Gasteiger partial charge on any atom is 0.140 e. The lowest BCUT2D eigenvalue weighted by molar-refractivity contribution is -0.130. The van der Waals surface area contributed by atoms with Gasteiger partial charge in [-0.1, -0.05) is 0 Å². The summed E-state index contributed by atoms with van der Waals surface area (Å²) in [4.78, 5) is 12.8. The number of halogens is 1. The molecule has 76 valence electrons. The van der Waals surface area contributed by atoms with E-state index in [1.807, 2.05) is 5.38 Å². The molecular formula is C10H11BrO2S. The molecule has 0 saturated carbocycles. The van der Waals surface area contributed by atoms with Crippen LogP contribution in [0.15, 0.2) is 15.9 Å². The highest BCUT2D eigenvalue weighted by molar-refractivity contribution is 9.10. The summed E-state index contributed by atoms with van der Waals surface area (Å²) in [6.07, 6.45) is 1.41. The van der Waals surface area contributed by atoms with Crippen LogP contribution in [0, 0.1) is 5.92 Å². The molecule has 1 saturated heterocycles. The SMILES string of the molecule is O=C1CCOCC1Cc1cc(Br)cs1. The Balaban J connectivity index is 1.99. The van der Waals surface area contributed by atoms with Gasteiger partial charge in [0.05, 0.1) is 13.2 Å². The molecular weight excluding hydrogens is 264 g/mol. The van der Waals surface area contributed by atoms with Crippen LogP contribution in [0.25, 0.3) is 0 Å². The fraction of sp³-hybridized carbons (Fsp3) is 0.500. The third-order valence-corrected chi connectivity index (χ3v) is 4.06. The molecule has 2 heterocycles. The van der Waals surface area contributed by atoms with E-state index in [1.165, 1.54) is 4.88 Å². The van der Waals surface area contributed by atoms with Crippen LogP contribution in [-0.2, 0) is 16.0 Å². The maximum atomic E-state index is 11.5. The summed E-state index contributed by atoms with van der Waals surface area (Å²) in [6.45, 7) is 1.19. The smallest absolute Gasteiger partial charge is 0.140 e. The molecule has 2 nitrogen and oxygen atoms in total. The molecule has 0 N–H and O–H groups in total. The Morgan fingerprint density at radius 1 is 1.64 bits per heavy atom. The van der Waals surface area contributed by atoms with Gasteiger partial charge in [-0.3, -0.25) is 4.79 Å². The molecule has 0 bridgehead atoms. The summed E-state index contributed by atoms with van der Waals surface area (Å²) in [5.41, 5.74) is 0. The van der Waals surface area contributed by atoms with Gasteiger partial charge < -0.3 is 4.74 Å². The van der Waals surface area contributed by atoms with Crippen molar-refractivity contribution in [1.82, 2.24) is 0 Å². The van der Waals surface area contributed by atoms with E-state index in [0.29, 0.717) is 25.4 Å². The fourth-order valence-electron chi connectivity index (χ4n) is 1.57. The zero-order chi connectivity index (χ0) is 9.97. The first-order valence-electron chi connectivity index (χ1n) is 4.59. The van der Waals surface area contributed by atoms with Crippen LogP contribution in [0.4, 0.5) is 0 Å². The second-order valence-corrected chi connectivity index (χ2v) is 5.33. The van der Waals surface area contributed by atoms with Gasteiger partial charge in [0.1, 0.15) is 5.78 Å². The van der Waals surface area contributed by atoms with Crippen LogP contribution in [0.5, 0.6) is 0 Å². The molecule has 4 heteroatoms. The van der Waals surface area contributed by atoms with Crippen molar-refractivity contribution < 1.29 is 9.53 Å². The molecule has 1 fully saturated rings. The van der Waals surface area contributed by atoms with E-state index < -0.39 is 0 Å². The van der Waals surface area contributed by atoms with Gasteiger partial charge in [-0.05, 0) is 28.4 Å². The normalized spacial score (nSPS) is 22.6. The molecule has 1 unspecified atom stereocenters. The first-order valence-corrected chi connectivity index (χ1v) is 6.26. The second kappa shape index (κ2) is 4.55. The molecule has 1 aliphatic heterocycles. The van der Waals surface area contributed by atoms with Crippen LogP contribution in [0.1, 0.15) is 11.3 Å². The van der Waals surface area contributed by atoms with Gasteiger partial charge in [0.25, 0.3) is 0 Å². The average Bonchev–Trinajstić information content (AvgIpc) is 2.56. The summed E-state index contributed by atoms with van der Waals surface area (Å²) in [5.74, 6) is 0.426. The van der Waals surface area contributed by atoms with E-state index in [4.69, 9.17) is 4.74 Å². The summed E-state index contributed by atoms with van der Waals surface area (Å²) in [7, 11) is 0. The molecule has 0 aromatic carbocycles. The van der Waals surface area contributed by atoms with E-state index in [0.717, 1.165) is 10.9 Å². The molecule has 0 radical (unpaired) electrons. The lowest BCUT2D eigenvalue weighted by Gasteiger charge is -2.20. The molecule has 1 atom stereocenters. The molecule has 14 heavy (non-hydrogen) atoms. The average molecular weight is 275 g/mol. The maximum absolute atomic E-state index is 11.5. The minimum Gasteiger partial charge on any atom is -0.380 e. The Bertz CT molecular complexity index is 335. The number of ketones is 1. The van der Waals surface area contributed by atoms with Crippen molar-refractivity contribution in [3.05, 3.63) is 20.8 Å². The zero-order valence-corrected chi connectivity index (χ0v) is 10.1. The molecule has 2 rings (SSSR count). The van der Waals surface area contributed by atoms with Crippen molar-refractivity contribution in [1.29, 1.82) is 0 Å². The molecule has 0 amide bonds. The Morgan fingerprint density at radius 3 is 3.14 bits per heavy atom. The molecule has 0 aliphatic carbocycles. The number of ether oxygens (including phenoxy) is 1. The van der Waals surface area contributed by atoms with E-state index in [-0.39, 0.29) is 5.92 Å². The first kappa shape index (κ1) is 10.3. The molecule has 0 spiro atoms. The lowest BCUT2D eigenvalue weighted by atomic mass is 9.96. The second-order valence-electron chi connectivity index (χ2n) is 3.42. The van der Waals surface area contributed by atoms with Crippen molar-refractivity contribution in [3.8, 4) is 0 Å². The third kappa shape index (κ3) is 2.43. The highest BCUT2D eigenvalue weighted by atomic mass is 79.9. The largest absolute Gasteiger partial charge is 0.380 e. The Hall–Kier alpha value is -0.190. The highest BCUT2D eigenvalue weighted by Gasteiger charge is 2.23. The van der Waals surface area contributed by atoms with Crippen molar-refractivity contribution in [2.24, 2.45) is 5.92 Å². The highest BCUT2D eigenvalue weighted by Crippen LogP contribution is 2.24. The number of Topliss-reactive ketones (excluding diaryl/α,β-unsaturated/α-hetero) is 1. The van der Waals surface area contributed by atoms with Crippen LogP contribution < -0.4 is 0 Å². The van der Waals surface area contributed by atoms with E-state index in [2.05, 4.69) is 22.0 Å². The first-order chi connectivity index (χ1) is 6.75. The van der Waals surface area contributed by atoms with Gasteiger partial charge in [0.2, 0.25) is 0 Å². The quantitative estimate of drug-likeness (QED) is 0.829. The number of carbonyl (C=O) groups excluding carboxylic acids is 1. The summed E-state index contributed by atoms with van der Waals surface area (Å²) in [6, 6.07) is 2.08. The van der Waals surface area contributed by atoms with Crippen molar-refractivity contribution in [3.63, 3.8) is 0 Å². The monoisotopic (exact) mass is 274 g/mol.